The summed E-state index contributed by atoms with van der Waals surface area (Å²) in [5.74, 6) is 0. The van der Waals surface area contributed by atoms with E-state index >= 15 is 0 Å². The van der Waals surface area contributed by atoms with Gasteiger partial charge in [-0.3, -0.25) is 10.1 Å². The lowest BCUT2D eigenvalue weighted by Crippen LogP contribution is -2.35. The normalized spacial score (nSPS) is 17.6. The molecule has 7 heteroatoms. The van der Waals surface area contributed by atoms with Gasteiger partial charge in [0.25, 0.3) is 5.69 Å². The Balaban J connectivity index is 2.26. The fraction of sp³-hybridized carbons (Fsp3) is 0.364. The molecule has 2 rings (SSSR count). The zero-order chi connectivity index (χ0) is 13.2. The van der Waals surface area contributed by atoms with Gasteiger partial charge in [-0.25, -0.2) is 8.42 Å². The first-order valence-corrected chi connectivity index (χ1v) is 7.02. The molecule has 0 N–H and O–H groups in total. The van der Waals surface area contributed by atoms with Gasteiger partial charge in [0, 0.05) is 25.2 Å². The van der Waals surface area contributed by atoms with Crippen LogP contribution in [0.2, 0.25) is 0 Å². The van der Waals surface area contributed by atoms with E-state index in [1.165, 1.54) is 28.6 Å². The predicted octanol–water partition coefficient (Wildman–Crippen LogP) is 1.58. The number of hydrogen-bond acceptors (Lipinski definition) is 4. The average Bonchev–Trinajstić information content (AvgIpc) is 2.40. The van der Waals surface area contributed by atoms with E-state index in [0.717, 1.165) is 12.8 Å². The van der Waals surface area contributed by atoms with Crippen molar-refractivity contribution in [2.45, 2.75) is 17.7 Å². The van der Waals surface area contributed by atoms with Gasteiger partial charge in [0.2, 0.25) is 10.0 Å². The summed E-state index contributed by atoms with van der Waals surface area (Å²) in [6.07, 6.45) is 3.66. The summed E-state index contributed by atoms with van der Waals surface area (Å²) in [6.45, 7) is 0.898. The van der Waals surface area contributed by atoms with Crippen molar-refractivity contribution in [3.05, 3.63) is 40.8 Å². The number of nitrogens with zero attached hydrogens (tertiary/aromatic N) is 2. The van der Waals surface area contributed by atoms with Crippen molar-refractivity contribution in [2.24, 2.45) is 0 Å². The quantitative estimate of drug-likeness (QED) is 0.616. The van der Waals surface area contributed by atoms with Crippen molar-refractivity contribution in [2.75, 3.05) is 13.1 Å². The van der Waals surface area contributed by atoms with Gasteiger partial charge in [-0.1, -0.05) is 0 Å². The molecule has 0 aliphatic carbocycles. The first-order chi connectivity index (χ1) is 8.51. The second-order valence-electron chi connectivity index (χ2n) is 4.04. The standard InChI is InChI=1S/C11H13N2O4S/c14-13(15)10-4-6-11(7-5-10)18(16,17)12-8-2-1-3-9-12/h2,4-7H,1,3,8-9H2. The summed E-state index contributed by atoms with van der Waals surface area (Å²) in [5, 5.41) is 10.5. The number of rotatable bonds is 3. The number of hydrogen-bond donors (Lipinski definition) is 0. The van der Waals surface area contributed by atoms with Crippen LogP contribution >= 0.6 is 0 Å². The first-order valence-electron chi connectivity index (χ1n) is 5.58. The van der Waals surface area contributed by atoms with E-state index in [2.05, 4.69) is 0 Å². The number of nitro groups is 1. The highest BCUT2D eigenvalue weighted by Crippen LogP contribution is 2.22. The molecule has 18 heavy (non-hydrogen) atoms. The van der Waals surface area contributed by atoms with Crippen molar-refractivity contribution in [1.29, 1.82) is 0 Å². The fourth-order valence-corrected chi connectivity index (χ4v) is 3.30. The maximum atomic E-state index is 12.2. The van der Waals surface area contributed by atoms with E-state index in [1.807, 2.05) is 6.42 Å². The molecule has 1 aliphatic rings. The Morgan fingerprint density at radius 1 is 1.22 bits per heavy atom. The van der Waals surface area contributed by atoms with Crippen LogP contribution in [0, 0.1) is 16.5 Å². The van der Waals surface area contributed by atoms with Crippen LogP contribution in [0.4, 0.5) is 5.69 Å². The summed E-state index contributed by atoms with van der Waals surface area (Å²) in [6, 6.07) is 4.98. The predicted molar refractivity (Wildman–Crippen MR) is 65.4 cm³/mol. The van der Waals surface area contributed by atoms with Crippen LogP contribution in [0.25, 0.3) is 0 Å². The van der Waals surface area contributed by atoms with Crippen LogP contribution in [-0.2, 0) is 10.0 Å². The molecule has 0 aromatic heterocycles. The third-order valence-corrected chi connectivity index (χ3v) is 4.71. The molecule has 1 aromatic carbocycles. The van der Waals surface area contributed by atoms with E-state index in [1.54, 1.807) is 0 Å². The highest BCUT2D eigenvalue weighted by atomic mass is 32.2. The molecular formula is C11H13N2O4S. The summed E-state index contributed by atoms with van der Waals surface area (Å²) >= 11 is 0. The van der Waals surface area contributed by atoms with Gasteiger partial charge in [-0.05, 0) is 31.4 Å². The smallest absolute Gasteiger partial charge is 0.258 e. The monoisotopic (exact) mass is 269 g/mol. The lowest BCUT2D eigenvalue weighted by atomic mass is 10.2. The maximum absolute atomic E-state index is 12.2. The van der Waals surface area contributed by atoms with Crippen LogP contribution in [-0.4, -0.2) is 30.7 Å². The van der Waals surface area contributed by atoms with Crippen molar-refractivity contribution in [1.82, 2.24) is 4.31 Å². The molecule has 0 atom stereocenters. The topological polar surface area (TPSA) is 80.5 Å². The number of sulfonamides is 1. The summed E-state index contributed by atoms with van der Waals surface area (Å²) in [5.41, 5.74) is -0.112. The van der Waals surface area contributed by atoms with Crippen molar-refractivity contribution in [3.63, 3.8) is 0 Å². The summed E-state index contributed by atoms with van der Waals surface area (Å²) in [7, 11) is -3.53. The third kappa shape index (κ3) is 2.51. The Bertz CT molecular complexity index is 533. The number of non-ortho nitro benzene ring substituents is 1. The van der Waals surface area contributed by atoms with Crippen LogP contribution < -0.4 is 0 Å². The molecular weight excluding hydrogens is 256 g/mol. The van der Waals surface area contributed by atoms with Gasteiger partial charge >= 0.3 is 0 Å². The van der Waals surface area contributed by atoms with Crippen LogP contribution in [0.1, 0.15) is 12.8 Å². The van der Waals surface area contributed by atoms with Crippen molar-refractivity contribution < 1.29 is 13.3 Å². The maximum Gasteiger partial charge on any atom is 0.269 e. The van der Waals surface area contributed by atoms with Gasteiger partial charge in [-0.2, -0.15) is 4.31 Å². The van der Waals surface area contributed by atoms with E-state index in [-0.39, 0.29) is 10.6 Å². The van der Waals surface area contributed by atoms with Crippen molar-refractivity contribution in [3.8, 4) is 0 Å². The third-order valence-electron chi connectivity index (χ3n) is 2.83. The molecule has 1 heterocycles. The zero-order valence-corrected chi connectivity index (χ0v) is 10.5. The van der Waals surface area contributed by atoms with Gasteiger partial charge in [0.1, 0.15) is 0 Å². The molecule has 1 fully saturated rings. The van der Waals surface area contributed by atoms with Crippen LogP contribution in [0.15, 0.2) is 29.2 Å². The van der Waals surface area contributed by atoms with Crippen molar-refractivity contribution >= 4 is 15.7 Å². The highest BCUT2D eigenvalue weighted by molar-refractivity contribution is 7.89. The Morgan fingerprint density at radius 2 is 1.89 bits per heavy atom. The minimum absolute atomic E-state index is 0.100. The molecule has 1 saturated heterocycles. The Morgan fingerprint density at radius 3 is 2.39 bits per heavy atom. The fourth-order valence-electron chi connectivity index (χ4n) is 1.85. The minimum Gasteiger partial charge on any atom is -0.258 e. The molecule has 97 valence electrons. The number of piperidine rings is 1. The molecule has 6 nitrogen and oxygen atoms in total. The molecule has 0 bridgehead atoms. The Kier molecular flexibility index (Phi) is 3.63. The van der Waals surface area contributed by atoms with Gasteiger partial charge < -0.3 is 0 Å². The van der Waals surface area contributed by atoms with E-state index in [0.29, 0.717) is 13.1 Å². The second-order valence-corrected chi connectivity index (χ2v) is 5.98. The lowest BCUT2D eigenvalue weighted by Gasteiger charge is -2.25. The molecule has 0 amide bonds. The number of benzene rings is 1. The highest BCUT2D eigenvalue weighted by Gasteiger charge is 2.26. The molecule has 1 radical (unpaired) electrons. The Hall–Kier alpha value is -1.47. The summed E-state index contributed by atoms with van der Waals surface area (Å²) in [4.78, 5) is 10.1. The zero-order valence-electron chi connectivity index (χ0n) is 9.65. The van der Waals surface area contributed by atoms with E-state index in [4.69, 9.17) is 0 Å². The average molecular weight is 269 g/mol. The van der Waals surface area contributed by atoms with Gasteiger partial charge in [-0.15, -0.1) is 0 Å². The second kappa shape index (κ2) is 5.03. The first kappa shape index (κ1) is 13.0. The number of nitro benzene ring substituents is 1. The lowest BCUT2D eigenvalue weighted by molar-refractivity contribution is -0.384. The van der Waals surface area contributed by atoms with Crippen LogP contribution in [0.3, 0.4) is 0 Å². The summed E-state index contributed by atoms with van der Waals surface area (Å²) < 4.78 is 25.8. The largest absolute Gasteiger partial charge is 0.269 e. The molecule has 1 aromatic rings. The van der Waals surface area contributed by atoms with Crippen LogP contribution in [0.5, 0.6) is 0 Å². The Labute approximate surface area is 105 Å². The SMILES string of the molecule is O=[N+]([O-])c1ccc(S(=O)(=O)N2C[CH]CCC2)cc1. The molecule has 1 aliphatic heterocycles. The van der Waals surface area contributed by atoms with Gasteiger partial charge in [0.05, 0.1) is 9.82 Å². The minimum atomic E-state index is -3.53. The van der Waals surface area contributed by atoms with Gasteiger partial charge in [0.15, 0.2) is 0 Å². The molecule has 0 saturated carbocycles. The molecule has 0 unspecified atom stereocenters. The van der Waals surface area contributed by atoms with E-state index < -0.39 is 14.9 Å². The molecule has 0 spiro atoms. The van der Waals surface area contributed by atoms with E-state index in [9.17, 15) is 18.5 Å².